The third-order valence-electron chi connectivity index (χ3n) is 5.18. The third kappa shape index (κ3) is 8.63. The highest BCUT2D eigenvalue weighted by atomic mass is 35.6. The van der Waals surface area contributed by atoms with Gasteiger partial charge in [-0.2, -0.15) is 0 Å². The lowest BCUT2D eigenvalue weighted by Crippen LogP contribution is -2.54. The summed E-state index contributed by atoms with van der Waals surface area (Å²) in [5.41, 5.74) is 2.07. The molecule has 38 heavy (non-hydrogen) atoms. The van der Waals surface area contributed by atoms with Crippen LogP contribution >= 0.6 is 34.8 Å². The zero-order valence-corrected chi connectivity index (χ0v) is 23.2. The Morgan fingerprint density at radius 1 is 1.05 bits per heavy atom. The molecule has 0 aliphatic heterocycles. The minimum absolute atomic E-state index is 0.0854. The zero-order valence-electron chi connectivity index (χ0n) is 20.9. The van der Waals surface area contributed by atoms with Crippen LogP contribution in [-0.4, -0.2) is 59.1 Å². The molecule has 0 saturated heterocycles. The molecule has 2 aromatic carbocycles. The summed E-state index contributed by atoms with van der Waals surface area (Å²) in [4.78, 5) is 32.7. The first-order chi connectivity index (χ1) is 18.0. The van der Waals surface area contributed by atoms with Crippen molar-refractivity contribution in [1.82, 2.24) is 20.5 Å². The fraction of sp³-hybridized carbons (Fsp3) is 0.222. The molecule has 1 amide bonds. The van der Waals surface area contributed by atoms with Crippen LogP contribution in [0.25, 0.3) is 17.0 Å². The summed E-state index contributed by atoms with van der Waals surface area (Å²) in [5, 5.41) is 6.46. The number of aromatic nitrogens is 1. The fourth-order valence-electron chi connectivity index (χ4n) is 3.41. The number of alkyl halides is 3. The lowest BCUT2D eigenvalue weighted by Gasteiger charge is -2.33. The number of hydrogen-bond donors (Lipinski definition) is 2. The first-order valence-electron chi connectivity index (χ1n) is 11.5. The average Bonchev–Trinajstić information content (AvgIpc) is 2.87. The van der Waals surface area contributed by atoms with Crippen molar-refractivity contribution in [3.63, 3.8) is 0 Å². The number of nitrogens with zero attached hydrogens (tertiary/aromatic N) is 3. The molecule has 0 saturated carbocycles. The van der Waals surface area contributed by atoms with Crippen LogP contribution < -0.4 is 15.5 Å². The van der Waals surface area contributed by atoms with Gasteiger partial charge >= 0.3 is 5.97 Å². The molecule has 0 spiro atoms. The van der Waals surface area contributed by atoms with E-state index < -0.39 is 21.8 Å². The molecule has 8 nitrogen and oxygen atoms in total. The van der Waals surface area contributed by atoms with Gasteiger partial charge < -0.3 is 15.4 Å². The number of halogens is 3. The average molecular weight is 577 g/mol. The number of carbonyl (C=O) groups is 2. The number of esters is 1. The number of carbonyl (C=O) groups excluding carboxylic acids is 2. The number of rotatable bonds is 11. The maximum atomic E-state index is 12.6. The maximum Gasteiger partial charge on any atom is 0.321 e. The van der Waals surface area contributed by atoms with E-state index in [1.807, 2.05) is 54.6 Å². The lowest BCUT2D eigenvalue weighted by atomic mass is 10.2. The number of pyridine rings is 1. The minimum atomic E-state index is -1.95. The first kappa shape index (κ1) is 29.3. The summed E-state index contributed by atoms with van der Waals surface area (Å²) in [5.74, 6) is -0.746. The number of nitrogens with one attached hydrogen (secondary N) is 2. The van der Waals surface area contributed by atoms with E-state index in [1.54, 1.807) is 42.2 Å². The molecule has 1 aromatic heterocycles. The van der Waals surface area contributed by atoms with Gasteiger partial charge in [0.15, 0.2) is 6.73 Å². The van der Waals surface area contributed by atoms with Crippen molar-refractivity contribution in [1.29, 1.82) is 0 Å². The van der Waals surface area contributed by atoms with Crippen molar-refractivity contribution >= 4 is 69.3 Å². The first-order valence-corrected chi connectivity index (χ1v) is 12.7. The van der Waals surface area contributed by atoms with Gasteiger partial charge in [0.25, 0.3) is 0 Å². The van der Waals surface area contributed by atoms with Crippen molar-refractivity contribution in [3.8, 4) is 0 Å². The normalized spacial score (nSPS) is 12.4. The van der Waals surface area contributed by atoms with Crippen molar-refractivity contribution < 1.29 is 14.3 Å². The third-order valence-corrected chi connectivity index (χ3v) is 5.83. The van der Waals surface area contributed by atoms with E-state index in [4.69, 9.17) is 39.5 Å². The second kappa shape index (κ2) is 13.5. The number of hydrogen-bond acceptors (Lipinski definition) is 7. The van der Waals surface area contributed by atoms with Crippen molar-refractivity contribution in [2.24, 2.45) is 0 Å². The van der Waals surface area contributed by atoms with Crippen LogP contribution in [0.1, 0.15) is 5.56 Å². The molecule has 1 heterocycles. The van der Waals surface area contributed by atoms with E-state index in [0.717, 1.165) is 10.9 Å². The summed E-state index contributed by atoms with van der Waals surface area (Å²) >= 11 is 18.6. The Morgan fingerprint density at radius 2 is 1.76 bits per heavy atom. The Hall–Kier alpha value is -3.30. The molecule has 1 atom stereocenters. The number of anilines is 1. The lowest BCUT2D eigenvalue weighted by molar-refractivity contribution is -0.144. The zero-order chi connectivity index (χ0) is 27.7. The molecule has 0 aliphatic carbocycles. The largest absolute Gasteiger partial charge is 0.443 e. The van der Waals surface area contributed by atoms with Gasteiger partial charge in [-0.15, -0.1) is 0 Å². The van der Waals surface area contributed by atoms with E-state index in [0.29, 0.717) is 11.2 Å². The van der Waals surface area contributed by atoms with Crippen molar-refractivity contribution in [2.45, 2.75) is 9.96 Å². The number of para-hydroxylation sites is 1. The fourth-order valence-corrected chi connectivity index (χ4v) is 3.74. The molecule has 0 fully saturated rings. The molecule has 0 bridgehead atoms. The topological polar surface area (TPSA) is 86.8 Å². The Labute approximate surface area is 236 Å². The monoisotopic (exact) mass is 575 g/mol. The maximum absolute atomic E-state index is 12.6. The Kier molecular flexibility index (Phi) is 10.4. The standard InChI is InChI=1S/C27H28Cl3N5O3/c1-19(32-26(27(28,29)30)33-23(36)15-14-20-9-5-4-6-10-20)35(18-38-24(37)17-34(2)3)22-13-7-11-21-12-8-16-31-25(21)22/h4-16,26,32H,1,17-18H2,2-3H3,(H,33,36)/b15-14+. The molecule has 0 radical (unpaired) electrons. The minimum Gasteiger partial charge on any atom is -0.443 e. The summed E-state index contributed by atoms with van der Waals surface area (Å²) in [6, 6.07) is 18.6. The highest BCUT2D eigenvalue weighted by Gasteiger charge is 2.35. The Bertz CT molecular complexity index is 1290. The van der Waals surface area contributed by atoms with E-state index in [2.05, 4.69) is 22.2 Å². The van der Waals surface area contributed by atoms with Gasteiger partial charge in [-0.3, -0.25) is 24.4 Å². The van der Waals surface area contributed by atoms with Crippen LogP contribution in [0.2, 0.25) is 0 Å². The predicted octanol–water partition coefficient (Wildman–Crippen LogP) is 4.69. The number of ether oxygens (including phenoxy) is 1. The molecular weight excluding hydrogens is 549 g/mol. The molecule has 3 rings (SSSR count). The van der Waals surface area contributed by atoms with E-state index in [1.165, 1.54) is 6.08 Å². The van der Waals surface area contributed by atoms with Gasteiger partial charge in [0.1, 0.15) is 12.0 Å². The van der Waals surface area contributed by atoms with Crippen LogP contribution in [0, 0.1) is 0 Å². The highest BCUT2D eigenvalue weighted by molar-refractivity contribution is 6.68. The van der Waals surface area contributed by atoms with Gasteiger partial charge in [0, 0.05) is 17.7 Å². The van der Waals surface area contributed by atoms with Crippen LogP contribution in [0.4, 0.5) is 5.69 Å². The smallest absolute Gasteiger partial charge is 0.321 e. The van der Waals surface area contributed by atoms with Gasteiger partial charge in [0.2, 0.25) is 9.70 Å². The SMILES string of the molecule is C=C(NC(NC(=O)/C=C/c1ccccc1)C(Cl)(Cl)Cl)N(COC(=O)CN(C)C)c1cccc2cccnc12. The van der Waals surface area contributed by atoms with Crippen molar-refractivity contribution in [3.05, 3.63) is 90.9 Å². The van der Waals surface area contributed by atoms with Gasteiger partial charge in [0.05, 0.1) is 17.7 Å². The highest BCUT2D eigenvalue weighted by Crippen LogP contribution is 2.31. The number of amides is 1. The molecule has 11 heteroatoms. The van der Waals surface area contributed by atoms with E-state index in [9.17, 15) is 9.59 Å². The van der Waals surface area contributed by atoms with Crippen LogP contribution in [0.5, 0.6) is 0 Å². The second-order valence-corrected chi connectivity index (χ2v) is 10.9. The summed E-state index contributed by atoms with van der Waals surface area (Å²) < 4.78 is 3.54. The Morgan fingerprint density at radius 3 is 2.45 bits per heavy atom. The van der Waals surface area contributed by atoms with Gasteiger partial charge in [-0.25, -0.2) is 0 Å². The molecule has 3 aromatic rings. The van der Waals surface area contributed by atoms with Crippen LogP contribution in [0.15, 0.2) is 85.3 Å². The molecule has 0 aliphatic rings. The van der Waals surface area contributed by atoms with E-state index >= 15 is 0 Å². The van der Waals surface area contributed by atoms with Crippen LogP contribution in [-0.2, 0) is 14.3 Å². The van der Waals surface area contributed by atoms with Crippen molar-refractivity contribution in [2.75, 3.05) is 32.3 Å². The quantitative estimate of drug-likeness (QED) is 0.148. The van der Waals surface area contributed by atoms with Crippen LogP contribution in [0.3, 0.4) is 0 Å². The summed E-state index contributed by atoms with van der Waals surface area (Å²) in [6.07, 6.45) is 3.44. The van der Waals surface area contributed by atoms with Gasteiger partial charge in [-0.05, 0) is 37.9 Å². The molecule has 1 unspecified atom stereocenters. The summed E-state index contributed by atoms with van der Waals surface area (Å²) in [6.45, 7) is 3.95. The summed E-state index contributed by atoms with van der Waals surface area (Å²) in [7, 11) is 3.52. The van der Waals surface area contributed by atoms with Gasteiger partial charge in [-0.1, -0.05) is 89.9 Å². The predicted molar refractivity (Wildman–Crippen MR) is 154 cm³/mol. The molecule has 2 N–H and O–H groups in total. The number of fused-ring (bicyclic) bond motifs is 1. The Balaban J connectivity index is 1.84. The molecular formula is C27H28Cl3N5O3. The number of likely N-dealkylation sites (N-methyl/N-ethyl adjacent to an activating group) is 1. The number of benzene rings is 2. The molecule has 200 valence electrons. The second-order valence-electron chi connectivity index (χ2n) is 8.48. The van der Waals surface area contributed by atoms with E-state index in [-0.39, 0.29) is 19.1 Å².